The van der Waals surface area contributed by atoms with Gasteiger partial charge in [-0.15, -0.1) is 0 Å². The summed E-state index contributed by atoms with van der Waals surface area (Å²) in [7, 11) is 0. The Kier molecular flexibility index (Phi) is 4.66. The molecule has 94 valence electrons. The molecule has 0 unspecified atom stereocenters. The highest BCUT2D eigenvalue weighted by Gasteiger charge is 2.32. The van der Waals surface area contributed by atoms with Crippen molar-refractivity contribution in [2.24, 2.45) is 0 Å². The molecule has 16 heavy (non-hydrogen) atoms. The molecule has 0 radical (unpaired) electrons. The minimum atomic E-state index is 0.873. The predicted octanol–water partition coefficient (Wildman–Crippen LogP) is 2.74. The maximum absolute atomic E-state index is 2.86. The molecule has 2 bridgehead atoms. The maximum atomic E-state index is 2.86. The van der Waals surface area contributed by atoms with Crippen molar-refractivity contribution < 1.29 is 0 Å². The second-order valence-corrected chi connectivity index (χ2v) is 5.54. The molecule has 3 aliphatic heterocycles. The summed E-state index contributed by atoms with van der Waals surface area (Å²) in [6.45, 7) is 10.0. The molecular weight excluding hydrogens is 196 g/mol. The fourth-order valence-electron chi connectivity index (χ4n) is 3.54. The zero-order valence-corrected chi connectivity index (χ0v) is 11.1. The minimum absolute atomic E-state index is 0.873. The van der Waals surface area contributed by atoms with Crippen molar-refractivity contribution in [2.75, 3.05) is 26.2 Å². The highest BCUT2D eigenvalue weighted by atomic mass is 15.3. The summed E-state index contributed by atoms with van der Waals surface area (Å²) in [6, 6.07) is 1.78. The van der Waals surface area contributed by atoms with Gasteiger partial charge in [0.1, 0.15) is 0 Å². The number of hydrogen-bond donors (Lipinski definition) is 0. The van der Waals surface area contributed by atoms with Crippen LogP contribution in [0.2, 0.25) is 0 Å². The molecule has 3 heterocycles. The van der Waals surface area contributed by atoms with Crippen molar-refractivity contribution in [3.05, 3.63) is 0 Å². The van der Waals surface area contributed by atoms with Gasteiger partial charge < -0.3 is 4.90 Å². The van der Waals surface area contributed by atoms with Gasteiger partial charge in [0.15, 0.2) is 0 Å². The molecule has 0 aromatic heterocycles. The van der Waals surface area contributed by atoms with E-state index in [2.05, 4.69) is 23.6 Å². The van der Waals surface area contributed by atoms with Crippen LogP contribution in [-0.2, 0) is 0 Å². The smallest absolute Gasteiger partial charge is 0.0123 e. The Bertz CT molecular complexity index is 191. The lowest BCUT2D eigenvalue weighted by Crippen LogP contribution is -2.44. The number of hydrogen-bond acceptors (Lipinski definition) is 2. The van der Waals surface area contributed by atoms with Crippen molar-refractivity contribution in [2.45, 2.75) is 64.5 Å². The summed E-state index contributed by atoms with van der Waals surface area (Å²) < 4.78 is 0. The normalized spacial score (nSPS) is 30.9. The van der Waals surface area contributed by atoms with Crippen molar-refractivity contribution in [3.63, 3.8) is 0 Å². The molecule has 3 aliphatic rings. The van der Waals surface area contributed by atoms with Crippen molar-refractivity contribution in [3.8, 4) is 0 Å². The highest BCUT2D eigenvalue weighted by molar-refractivity contribution is 4.88. The van der Waals surface area contributed by atoms with Crippen LogP contribution in [0.4, 0.5) is 0 Å². The maximum Gasteiger partial charge on any atom is 0.0123 e. The van der Waals surface area contributed by atoms with E-state index in [1.807, 2.05) is 0 Å². The van der Waals surface area contributed by atoms with E-state index in [0.29, 0.717) is 0 Å². The average molecular weight is 224 g/mol. The Labute approximate surface area is 101 Å². The third-order valence-electron chi connectivity index (χ3n) is 4.41. The topological polar surface area (TPSA) is 6.48 Å². The molecule has 0 aliphatic carbocycles. The molecule has 0 aromatic carbocycles. The van der Waals surface area contributed by atoms with Gasteiger partial charge in [-0.05, 0) is 38.8 Å². The van der Waals surface area contributed by atoms with E-state index in [0.717, 1.165) is 12.1 Å². The first-order valence-electron chi connectivity index (χ1n) is 7.33. The summed E-state index contributed by atoms with van der Waals surface area (Å²) in [5.41, 5.74) is 0. The van der Waals surface area contributed by atoms with E-state index in [4.69, 9.17) is 0 Å². The lowest BCUT2D eigenvalue weighted by atomic mass is 9.99. The van der Waals surface area contributed by atoms with Gasteiger partial charge in [0.05, 0.1) is 0 Å². The summed E-state index contributed by atoms with van der Waals surface area (Å²) in [5, 5.41) is 0. The van der Waals surface area contributed by atoms with Crippen LogP contribution in [0.3, 0.4) is 0 Å². The van der Waals surface area contributed by atoms with Crippen LogP contribution < -0.4 is 0 Å². The van der Waals surface area contributed by atoms with Crippen LogP contribution in [0.5, 0.6) is 0 Å². The number of piperidine rings is 1. The summed E-state index contributed by atoms with van der Waals surface area (Å²) >= 11 is 0. The first kappa shape index (κ1) is 12.4. The Hall–Kier alpha value is -0.0800. The second kappa shape index (κ2) is 6.02. The molecule has 0 amide bonds. The minimum Gasteiger partial charge on any atom is -0.302 e. The number of nitrogens with zero attached hydrogens (tertiary/aromatic N) is 2. The van der Waals surface area contributed by atoms with Gasteiger partial charge in [-0.25, -0.2) is 0 Å². The molecule has 0 aromatic rings. The van der Waals surface area contributed by atoms with Crippen LogP contribution in [-0.4, -0.2) is 48.1 Å². The van der Waals surface area contributed by atoms with Gasteiger partial charge in [-0.3, -0.25) is 4.90 Å². The number of rotatable bonds is 5. The van der Waals surface area contributed by atoms with Crippen molar-refractivity contribution in [1.29, 1.82) is 0 Å². The monoisotopic (exact) mass is 224 g/mol. The Morgan fingerprint density at radius 3 is 2.12 bits per heavy atom. The van der Waals surface area contributed by atoms with Crippen LogP contribution >= 0.6 is 0 Å². The molecule has 3 rings (SSSR count). The molecule has 3 fully saturated rings. The SMILES string of the molecule is CCCC(CCC)N1CCN2CCC1CC2. The first-order chi connectivity index (χ1) is 7.85. The summed E-state index contributed by atoms with van der Waals surface area (Å²) in [6.07, 6.45) is 8.34. The van der Waals surface area contributed by atoms with Gasteiger partial charge in [-0.2, -0.15) is 0 Å². The van der Waals surface area contributed by atoms with Gasteiger partial charge in [0, 0.05) is 25.2 Å². The second-order valence-electron chi connectivity index (χ2n) is 5.54. The lowest BCUT2D eigenvalue weighted by Gasteiger charge is -2.37. The summed E-state index contributed by atoms with van der Waals surface area (Å²) in [4.78, 5) is 5.52. The van der Waals surface area contributed by atoms with Crippen molar-refractivity contribution in [1.82, 2.24) is 9.80 Å². The zero-order chi connectivity index (χ0) is 11.4. The van der Waals surface area contributed by atoms with E-state index in [1.54, 1.807) is 0 Å². The molecule has 0 atom stereocenters. The Balaban J connectivity index is 1.98. The van der Waals surface area contributed by atoms with Gasteiger partial charge in [0.2, 0.25) is 0 Å². The fourth-order valence-corrected chi connectivity index (χ4v) is 3.54. The third kappa shape index (κ3) is 2.78. The number of fused-ring (bicyclic) bond motifs is 4. The van der Waals surface area contributed by atoms with Crippen LogP contribution in [0.1, 0.15) is 52.4 Å². The van der Waals surface area contributed by atoms with E-state index < -0.39 is 0 Å². The third-order valence-corrected chi connectivity index (χ3v) is 4.41. The summed E-state index contributed by atoms with van der Waals surface area (Å²) in [5.74, 6) is 0. The lowest BCUT2D eigenvalue weighted by molar-refractivity contribution is 0.118. The van der Waals surface area contributed by atoms with E-state index in [-0.39, 0.29) is 0 Å². The quantitative estimate of drug-likeness (QED) is 0.708. The Morgan fingerprint density at radius 1 is 0.938 bits per heavy atom. The van der Waals surface area contributed by atoms with Crippen molar-refractivity contribution >= 4 is 0 Å². The largest absolute Gasteiger partial charge is 0.302 e. The van der Waals surface area contributed by atoms with E-state index in [9.17, 15) is 0 Å². The zero-order valence-electron chi connectivity index (χ0n) is 11.1. The molecular formula is C14H28N2. The van der Waals surface area contributed by atoms with Crippen LogP contribution in [0.15, 0.2) is 0 Å². The first-order valence-corrected chi connectivity index (χ1v) is 7.33. The molecule has 3 saturated heterocycles. The van der Waals surface area contributed by atoms with Gasteiger partial charge >= 0.3 is 0 Å². The van der Waals surface area contributed by atoms with E-state index >= 15 is 0 Å². The standard InChI is InChI=1S/C14H28N2/c1-3-5-13(6-4-2)16-12-11-15-9-7-14(16)8-10-15/h13-14H,3-12H2,1-2H3. The Morgan fingerprint density at radius 2 is 1.56 bits per heavy atom. The molecule has 0 N–H and O–H groups in total. The van der Waals surface area contributed by atoms with Crippen LogP contribution in [0.25, 0.3) is 0 Å². The predicted molar refractivity (Wildman–Crippen MR) is 69.8 cm³/mol. The fraction of sp³-hybridized carbons (Fsp3) is 1.00. The highest BCUT2D eigenvalue weighted by Crippen LogP contribution is 2.26. The molecule has 2 nitrogen and oxygen atoms in total. The average Bonchev–Trinajstić information content (AvgIpc) is 2.62. The van der Waals surface area contributed by atoms with Gasteiger partial charge in [-0.1, -0.05) is 26.7 Å². The van der Waals surface area contributed by atoms with E-state index in [1.165, 1.54) is 64.7 Å². The molecule has 0 saturated carbocycles. The molecule has 2 heteroatoms. The van der Waals surface area contributed by atoms with Crippen LogP contribution in [0, 0.1) is 0 Å². The molecule has 0 spiro atoms. The van der Waals surface area contributed by atoms with Gasteiger partial charge in [0.25, 0.3) is 0 Å².